The Hall–Kier alpha value is -1.29. The van der Waals surface area contributed by atoms with Gasteiger partial charge in [-0.05, 0) is 6.92 Å². The molecule has 0 saturated carbocycles. The smallest absolute Gasteiger partial charge is 0.273 e. The van der Waals surface area contributed by atoms with Crippen LogP contribution in [0.3, 0.4) is 0 Å². The quantitative estimate of drug-likeness (QED) is 0.691. The predicted molar refractivity (Wildman–Crippen MR) is 51.1 cm³/mol. The van der Waals surface area contributed by atoms with E-state index >= 15 is 0 Å². The molecule has 0 aliphatic carbocycles. The average Bonchev–Trinajstić information content (AvgIpc) is 2.33. The van der Waals surface area contributed by atoms with E-state index in [1.807, 2.05) is 14.0 Å². The van der Waals surface area contributed by atoms with Crippen LogP contribution in [0.4, 0.5) is 0 Å². The number of halogens is 1. The second-order valence-corrected chi connectivity index (χ2v) is 3.28. The summed E-state index contributed by atoms with van der Waals surface area (Å²) >= 11 is 5.99. The molecule has 0 aliphatic heterocycles. The molecule has 0 radical (unpaired) electrons. The van der Waals surface area contributed by atoms with Gasteiger partial charge in [0.05, 0.1) is 11.6 Å². The van der Waals surface area contributed by atoms with Crippen LogP contribution in [0.25, 0.3) is 10.8 Å². The van der Waals surface area contributed by atoms with Crippen LogP contribution >= 0.6 is 11.6 Å². The minimum absolute atomic E-state index is 0.197. The maximum Gasteiger partial charge on any atom is 0.273 e. The van der Waals surface area contributed by atoms with Gasteiger partial charge in [-0.2, -0.15) is 5.10 Å². The normalized spacial score (nSPS) is 11.0. The average molecular weight is 198 g/mol. The van der Waals surface area contributed by atoms with Gasteiger partial charge < -0.3 is 4.57 Å². The third kappa shape index (κ3) is 0.986. The topological polar surface area (TPSA) is 50.7 Å². The molecule has 2 rings (SSSR count). The fourth-order valence-corrected chi connectivity index (χ4v) is 1.68. The van der Waals surface area contributed by atoms with Gasteiger partial charge in [0.25, 0.3) is 5.56 Å². The van der Waals surface area contributed by atoms with E-state index in [0.29, 0.717) is 15.9 Å². The number of rotatable bonds is 0. The van der Waals surface area contributed by atoms with Crippen molar-refractivity contribution >= 4 is 22.4 Å². The molecule has 4 nitrogen and oxygen atoms in total. The number of hydrogen-bond acceptors (Lipinski definition) is 2. The molecule has 13 heavy (non-hydrogen) atoms. The first-order valence-corrected chi connectivity index (χ1v) is 4.19. The van der Waals surface area contributed by atoms with E-state index in [2.05, 4.69) is 10.2 Å². The Morgan fingerprint density at radius 3 is 2.92 bits per heavy atom. The fourth-order valence-electron chi connectivity index (χ4n) is 1.41. The van der Waals surface area contributed by atoms with Crippen molar-refractivity contribution in [3.8, 4) is 0 Å². The van der Waals surface area contributed by atoms with Crippen LogP contribution in [0.15, 0.2) is 11.0 Å². The van der Waals surface area contributed by atoms with E-state index in [-0.39, 0.29) is 5.56 Å². The van der Waals surface area contributed by atoms with E-state index in [9.17, 15) is 4.79 Å². The summed E-state index contributed by atoms with van der Waals surface area (Å²) in [7, 11) is 1.82. The lowest BCUT2D eigenvalue weighted by atomic mass is 10.3. The molecule has 2 heterocycles. The van der Waals surface area contributed by atoms with E-state index < -0.39 is 0 Å². The zero-order valence-corrected chi connectivity index (χ0v) is 8.01. The fraction of sp³-hybridized carbons (Fsp3) is 0.250. The molecule has 0 aromatic carbocycles. The molecule has 0 atom stereocenters. The number of nitrogens with one attached hydrogen (secondary N) is 1. The van der Waals surface area contributed by atoms with E-state index in [1.54, 1.807) is 10.8 Å². The lowest BCUT2D eigenvalue weighted by Gasteiger charge is -1.94. The maximum atomic E-state index is 11.4. The van der Waals surface area contributed by atoms with Crippen LogP contribution in [0, 0.1) is 6.92 Å². The number of fused-ring (bicyclic) bond motifs is 1. The first-order valence-electron chi connectivity index (χ1n) is 3.81. The maximum absolute atomic E-state index is 11.4. The predicted octanol–water partition coefficient (Wildman–Crippen LogP) is 1.22. The monoisotopic (exact) mass is 197 g/mol. The second kappa shape index (κ2) is 2.60. The number of hydrogen-bond donors (Lipinski definition) is 1. The minimum Gasteiger partial charge on any atom is -0.338 e. The molecule has 0 bridgehead atoms. The van der Waals surface area contributed by atoms with Gasteiger partial charge in [0, 0.05) is 18.1 Å². The van der Waals surface area contributed by atoms with Crippen LogP contribution in [-0.4, -0.2) is 14.8 Å². The molecule has 2 aromatic heterocycles. The van der Waals surface area contributed by atoms with Gasteiger partial charge in [0.1, 0.15) is 5.15 Å². The van der Waals surface area contributed by atoms with Gasteiger partial charge in [-0.15, -0.1) is 0 Å². The number of aryl methyl sites for hydroxylation is 1. The number of aromatic amines is 1. The SMILES string of the molecule is Cc1c2c(=O)[nH]ncc2c(Cl)n1C. The Labute approximate surface area is 79.1 Å². The standard InChI is InChI=1S/C8H8ClN3O/c1-4-6-5(7(9)12(4)2)3-10-11-8(6)13/h3H,1-2H3,(H,11,13). The van der Waals surface area contributed by atoms with E-state index in [4.69, 9.17) is 11.6 Å². The van der Waals surface area contributed by atoms with Crippen molar-refractivity contribution in [1.29, 1.82) is 0 Å². The van der Waals surface area contributed by atoms with Crippen molar-refractivity contribution in [2.45, 2.75) is 6.92 Å². The lowest BCUT2D eigenvalue weighted by Crippen LogP contribution is -2.07. The molecule has 0 aliphatic rings. The number of aromatic nitrogens is 3. The van der Waals surface area contributed by atoms with Crippen molar-refractivity contribution in [2.24, 2.45) is 7.05 Å². The second-order valence-electron chi connectivity index (χ2n) is 2.92. The highest BCUT2D eigenvalue weighted by Gasteiger charge is 2.12. The largest absolute Gasteiger partial charge is 0.338 e. The summed E-state index contributed by atoms with van der Waals surface area (Å²) < 4.78 is 1.77. The zero-order chi connectivity index (χ0) is 9.59. The molecule has 0 saturated heterocycles. The Balaban J connectivity index is 3.12. The van der Waals surface area contributed by atoms with Crippen molar-refractivity contribution in [2.75, 3.05) is 0 Å². The molecular weight excluding hydrogens is 190 g/mol. The number of nitrogens with zero attached hydrogens (tertiary/aromatic N) is 2. The van der Waals surface area contributed by atoms with Crippen LogP contribution in [0.2, 0.25) is 5.15 Å². The lowest BCUT2D eigenvalue weighted by molar-refractivity contribution is 0.889. The Kier molecular flexibility index (Phi) is 1.66. The molecule has 2 aromatic rings. The van der Waals surface area contributed by atoms with Gasteiger partial charge in [0.15, 0.2) is 0 Å². The molecule has 68 valence electrons. The van der Waals surface area contributed by atoms with Crippen LogP contribution in [-0.2, 0) is 7.05 Å². The van der Waals surface area contributed by atoms with Gasteiger partial charge in [0.2, 0.25) is 0 Å². The highest BCUT2D eigenvalue weighted by molar-refractivity contribution is 6.34. The summed E-state index contributed by atoms with van der Waals surface area (Å²) in [6.07, 6.45) is 1.56. The van der Waals surface area contributed by atoms with Gasteiger partial charge in [-0.25, -0.2) is 5.10 Å². The highest BCUT2D eigenvalue weighted by Crippen LogP contribution is 2.24. The van der Waals surface area contributed by atoms with Gasteiger partial charge >= 0.3 is 0 Å². The van der Waals surface area contributed by atoms with Gasteiger partial charge in [-0.3, -0.25) is 4.79 Å². The van der Waals surface area contributed by atoms with Crippen molar-refractivity contribution in [3.05, 3.63) is 27.4 Å². The van der Waals surface area contributed by atoms with Gasteiger partial charge in [-0.1, -0.05) is 11.6 Å². The Bertz CT molecular complexity index is 526. The van der Waals surface area contributed by atoms with E-state index in [0.717, 1.165) is 5.69 Å². The highest BCUT2D eigenvalue weighted by atomic mass is 35.5. The van der Waals surface area contributed by atoms with Crippen molar-refractivity contribution in [1.82, 2.24) is 14.8 Å². The third-order valence-electron chi connectivity index (χ3n) is 2.24. The van der Waals surface area contributed by atoms with Crippen LogP contribution in [0.5, 0.6) is 0 Å². The van der Waals surface area contributed by atoms with Crippen LogP contribution in [0.1, 0.15) is 5.69 Å². The Morgan fingerprint density at radius 1 is 1.62 bits per heavy atom. The molecule has 0 spiro atoms. The molecule has 0 amide bonds. The first-order chi connectivity index (χ1) is 6.13. The van der Waals surface area contributed by atoms with Crippen LogP contribution < -0.4 is 5.56 Å². The summed E-state index contributed by atoms with van der Waals surface area (Å²) in [5.74, 6) is 0. The summed E-state index contributed by atoms with van der Waals surface area (Å²) in [6, 6.07) is 0. The molecular formula is C8H8ClN3O. The minimum atomic E-state index is -0.197. The summed E-state index contributed by atoms with van der Waals surface area (Å²) in [6.45, 7) is 1.85. The Morgan fingerprint density at radius 2 is 2.31 bits per heavy atom. The summed E-state index contributed by atoms with van der Waals surface area (Å²) in [5, 5.41) is 7.93. The van der Waals surface area contributed by atoms with Crippen molar-refractivity contribution < 1.29 is 0 Å². The third-order valence-corrected chi connectivity index (χ3v) is 2.69. The zero-order valence-electron chi connectivity index (χ0n) is 7.26. The molecule has 1 N–H and O–H groups in total. The summed E-state index contributed by atoms with van der Waals surface area (Å²) in [5.41, 5.74) is 0.654. The summed E-state index contributed by atoms with van der Waals surface area (Å²) in [4.78, 5) is 11.4. The van der Waals surface area contributed by atoms with Crippen molar-refractivity contribution in [3.63, 3.8) is 0 Å². The molecule has 0 unspecified atom stereocenters. The number of H-pyrrole nitrogens is 1. The van der Waals surface area contributed by atoms with E-state index in [1.165, 1.54) is 0 Å². The molecule has 5 heteroatoms. The first kappa shape index (κ1) is 8.31. The molecule has 0 fully saturated rings.